The monoisotopic (exact) mass is 384 g/mol. The molecule has 0 bridgehead atoms. The van der Waals surface area contributed by atoms with Gasteiger partial charge in [-0.05, 0) is 42.0 Å². The minimum Gasteiger partial charge on any atom is -0.359 e. The molecule has 1 aliphatic rings. The molecule has 0 spiro atoms. The lowest BCUT2D eigenvalue weighted by molar-refractivity contribution is -0.115. The molecule has 0 aromatic heterocycles. The average molecular weight is 384 g/mol. The average Bonchev–Trinajstić information content (AvgIpc) is 2.54. The van der Waals surface area contributed by atoms with Gasteiger partial charge in [0.1, 0.15) is 0 Å². The van der Waals surface area contributed by atoms with Crippen LogP contribution in [0.2, 0.25) is 0 Å². The van der Waals surface area contributed by atoms with E-state index in [4.69, 9.17) is 0 Å². The molecule has 26 heavy (non-hydrogen) atoms. The van der Waals surface area contributed by atoms with Gasteiger partial charge in [-0.3, -0.25) is 4.79 Å². The van der Waals surface area contributed by atoms with Crippen LogP contribution < -0.4 is 10.2 Å². The molecule has 0 radical (unpaired) electrons. The Kier molecular flexibility index (Phi) is 5.41. The number of amides is 1. The predicted molar refractivity (Wildman–Crippen MR) is 94.2 cm³/mol. The Labute approximate surface area is 152 Å². The number of nitrogens with zero attached hydrogens (tertiary/aromatic N) is 1. The highest BCUT2D eigenvalue weighted by Gasteiger charge is 2.43. The highest BCUT2D eigenvalue weighted by Crippen LogP contribution is 2.31. The van der Waals surface area contributed by atoms with Gasteiger partial charge in [0.2, 0.25) is 5.91 Å². The first-order chi connectivity index (χ1) is 12.3. The van der Waals surface area contributed by atoms with Gasteiger partial charge in [0, 0.05) is 16.3 Å². The lowest BCUT2D eigenvalue weighted by Crippen LogP contribution is -2.56. The van der Waals surface area contributed by atoms with Gasteiger partial charge in [0.05, 0.1) is 19.5 Å². The number of hydrogen-bond donors (Lipinski definition) is 1. The molecule has 0 aliphatic carbocycles. The maximum atomic E-state index is 12.9. The fourth-order valence-electron chi connectivity index (χ4n) is 2.63. The Morgan fingerprint density at radius 3 is 2.23 bits per heavy atom. The van der Waals surface area contributed by atoms with E-state index in [0.717, 1.165) is 5.56 Å². The lowest BCUT2D eigenvalue weighted by atomic mass is 10.1. The molecular weight excluding hydrogens is 368 g/mol. The molecule has 3 nitrogen and oxygen atoms in total. The van der Waals surface area contributed by atoms with E-state index in [-0.39, 0.29) is 25.4 Å². The van der Waals surface area contributed by atoms with Gasteiger partial charge in [-0.1, -0.05) is 23.9 Å². The van der Waals surface area contributed by atoms with Crippen LogP contribution >= 0.6 is 11.8 Å². The van der Waals surface area contributed by atoms with Crippen LogP contribution in [-0.4, -0.2) is 30.7 Å². The minimum absolute atomic E-state index is 0.129. The Balaban J connectivity index is 1.51. The Morgan fingerprint density at radius 1 is 1.08 bits per heavy atom. The van der Waals surface area contributed by atoms with Crippen LogP contribution in [0.25, 0.3) is 0 Å². The maximum absolute atomic E-state index is 12.9. The second kappa shape index (κ2) is 7.57. The number of nitrogens with one attached hydrogen (secondary N) is 1. The summed E-state index contributed by atoms with van der Waals surface area (Å²) in [5.41, 5.74) is 1.98. The Hall–Kier alpha value is -2.22. The quantitative estimate of drug-likeness (QED) is 0.582. The van der Waals surface area contributed by atoms with Crippen molar-refractivity contribution in [3.8, 4) is 0 Å². The maximum Gasteiger partial charge on any atom is 0.288 e. The van der Waals surface area contributed by atoms with Gasteiger partial charge in [-0.2, -0.15) is 8.78 Å². The van der Waals surface area contributed by atoms with E-state index in [1.54, 1.807) is 41.3 Å². The number of benzene rings is 2. The summed E-state index contributed by atoms with van der Waals surface area (Å²) < 4.78 is 50.3. The summed E-state index contributed by atoms with van der Waals surface area (Å²) in [6.07, 6.45) is 0.129. The van der Waals surface area contributed by atoms with Crippen molar-refractivity contribution in [1.82, 2.24) is 0 Å². The number of carbonyl (C=O) groups is 1. The van der Waals surface area contributed by atoms with Crippen LogP contribution in [0.4, 0.5) is 28.9 Å². The highest BCUT2D eigenvalue weighted by molar-refractivity contribution is 7.99. The summed E-state index contributed by atoms with van der Waals surface area (Å²) in [6, 6.07) is 13.1. The minimum atomic E-state index is -2.62. The van der Waals surface area contributed by atoms with Crippen LogP contribution in [0.15, 0.2) is 53.4 Å². The Bertz CT molecular complexity index is 758. The topological polar surface area (TPSA) is 32.3 Å². The fraction of sp³-hybridized carbons (Fsp3) is 0.278. The number of alkyl halides is 4. The molecular formula is C18H16F4N2OS. The number of carbonyl (C=O) groups excluding carboxylic acids is 1. The van der Waals surface area contributed by atoms with E-state index >= 15 is 0 Å². The molecule has 8 heteroatoms. The molecule has 1 fully saturated rings. The van der Waals surface area contributed by atoms with E-state index in [0.29, 0.717) is 28.0 Å². The molecule has 0 saturated carbocycles. The largest absolute Gasteiger partial charge is 0.359 e. The van der Waals surface area contributed by atoms with E-state index < -0.39 is 11.7 Å². The summed E-state index contributed by atoms with van der Waals surface area (Å²) in [4.78, 5) is 14.1. The number of halogens is 4. The van der Waals surface area contributed by atoms with Crippen LogP contribution in [-0.2, 0) is 11.2 Å². The van der Waals surface area contributed by atoms with Crippen molar-refractivity contribution in [2.45, 2.75) is 23.0 Å². The fourth-order valence-corrected chi connectivity index (χ4v) is 3.13. The molecule has 1 saturated heterocycles. The SMILES string of the molecule is O=C(Cc1ccc(N2CC(F)(F)C2)cc1)Nc1ccc(SC(F)F)cc1. The van der Waals surface area contributed by atoms with Gasteiger partial charge in [0.25, 0.3) is 11.7 Å². The van der Waals surface area contributed by atoms with Crippen molar-refractivity contribution in [2.75, 3.05) is 23.3 Å². The summed E-state index contributed by atoms with van der Waals surface area (Å²) in [5.74, 6) is -5.36. The summed E-state index contributed by atoms with van der Waals surface area (Å²) in [7, 11) is 0. The number of anilines is 2. The van der Waals surface area contributed by atoms with Crippen LogP contribution in [0.3, 0.4) is 0 Å². The van der Waals surface area contributed by atoms with Gasteiger partial charge >= 0.3 is 0 Å². The third-order valence-electron chi connectivity index (χ3n) is 3.87. The summed E-state index contributed by atoms with van der Waals surface area (Å²) in [5, 5.41) is 2.70. The molecule has 2 aromatic carbocycles. The first kappa shape index (κ1) is 18.6. The van der Waals surface area contributed by atoms with Gasteiger partial charge < -0.3 is 10.2 Å². The molecule has 1 amide bonds. The highest BCUT2D eigenvalue weighted by atomic mass is 32.2. The summed E-state index contributed by atoms with van der Waals surface area (Å²) >= 11 is 0.442. The van der Waals surface area contributed by atoms with Crippen LogP contribution in [0.5, 0.6) is 0 Å². The Morgan fingerprint density at radius 2 is 1.69 bits per heavy atom. The van der Waals surface area contributed by atoms with Crippen molar-refractivity contribution in [1.29, 1.82) is 0 Å². The van der Waals surface area contributed by atoms with E-state index in [2.05, 4.69) is 5.32 Å². The van der Waals surface area contributed by atoms with Crippen molar-refractivity contribution in [2.24, 2.45) is 0 Å². The van der Waals surface area contributed by atoms with E-state index in [9.17, 15) is 22.4 Å². The standard InChI is InChI=1S/C18H16F4N2OS/c19-17(20)26-15-7-3-13(4-8-15)23-16(25)9-12-1-5-14(6-2-12)24-10-18(21,22)11-24/h1-8,17H,9-11H2,(H,23,25). The first-order valence-corrected chi connectivity index (χ1v) is 8.75. The first-order valence-electron chi connectivity index (χ1n) is 7.87. The second-order valence-electron chi connectivity index (χ2n) is 6.01. The summed E-state index contributed by atoms with van der Waals surface area (Å²) in [6.45, 7) is -0.570. The normalized spacial score (nSPS) is 15.7. The van der Waals surface area contributed by atoms with Crippen molar-refractivity contribution in [3.05, 3.63) is 54.1 Å². The van der Waals surface area contributed by atoms with Gasteiger partial charge in [0.15, 0.2) is 0 Å². The van der Waals surface area contributed by atoms with Crippen LogP contribution in [0, 0.1) is 0 Å². The molecule has 3 rings (SSSR count). The van der Waals surface area contributed by atoms with Gasteiger partial charge in [-0.15, -0.1) is 0 Å². The van der Waals surface area contributed by atoms with Crippen molar-refractivity contribution < 1.29 is 22.4 Å². The van der Waals surface area contributed by atoms with E-state index in [1.165, 1.54) is 12.1 Å². The zero-order valence-electron chi connectivity index (χ0n) is 13.6. The molecule has 1 aliphatic heterocycles. The molecule has 1 N–H and O–H groups in total. The molecule has 0 unspecified atom stereocenters. The van der Waals surface area contributed by atoms with Gasteiger partial charge in [-0.25, -0.2) is 8.78 Å². The molecule has 138 valence electrons. The number of rotatable bonds is 6. The number of thioether (sulfide) groups is 1. The zero-order valence-corrected chi connectivity index (χ0v) is 14.4. The predicted octanol–water partition coefficient (Wildman–Crippen LogP) is 4.64. The van der Waals surface area contributed by atoms with Crippen LogP contribution in [0.1, 0.15) is 5.56 Å². The second-order valence-corrected chi connectivity index (χ2v) is 7.07. The zero-order chi connectivity index (χ0) is 18.7. The van der Waals surface area contributed by atoms with Crippen molar-refractivity contribution >= 4 is 29.0 Å². The third-order valence-corrected chi connectivity index (χ3v) is 4.60. The third kappa shape index (κ3) is 4.91. The molecule has 2 aromatic rings. The smallest absolute Gasteiger partial charge is 0.288 e. The lowest BCUT2D eigenvalue weighted by Gasteiger charge is -2.40. The van der Waals surface area contributed by atoms with Crippen molar-refractivity contribution in [3.63, 3.8) is 0 Å². The molecule has 1 heterocycles. The molecule has 0 atom stereocenters. The van der Waals surface area contributed by atoms with E-state index in [1.807, 2.05) is 0 Å². The number of hydrogen-bond acceptors (Lipinski definition) is 3.